The van der Waals surface area contributed by atoms with Gasteiger partial charge in [-0.1, -0.05) is 12.0 Å². The first-order valence-electron chi connectivity index (χ1n) is 5.99. The second kappa shape index (κ2) is 4.38. The van der Waals surface area contributed by atoms with Gasteiger partial charge in [-0.2, -0.15) is 0 Å². The predicted molar refractivity (Wildman–Crippen MR) is 68.8 cm³/mol. The molecule has 0 amide bonds. The van der Waals surface area contributed by atoms with E-state index in [1.54, 1.807) is 6.07 Å². The second-order valence-corrected chi connectivity index (χ2v) is 5.11. The van der Waals surface area contributed by atoms with Crippen LogP contribution < -0.4 is 10.9 Å². The van der Waals surface area contributed by atoms with E-state index in [4.69, 9.17) is 6.42 Å². The first kappa shape index (κ1) is 11.9. The van der Waals surface area contributed by atoms with E-state index in [2.05, 4.69) is 16.2 Å². The molecule has 0 saturated carbocycles. The number of pyridine rings is 1. The van der Waals surface area contributed by atoms with Gasteiger partial charge < -0.3 is 4.98 Å². The van der Waals surface area contributed by atoms with Gasteiger partial charge >= 0.3 is 0 Å². The molecule has 0 saturated heterocycles. The molecule has 1 aromatic heterocycles. The van der Waals surface area contributed by atoms with Crippen molar-refractivity contribution >= 4 is 0 Å². The molecule has 0 bridgehead atoms. The lowest BCUT2D eigenvalue weighted by atomic mass is 9.89. The molecule has 3 nitrogen and oxygen atoms in total. The van der Waals surface area contributed by atoms with Gasteiger partial charge in [0.1, 0.15) is 0 Å². The number of aryl methyl sites for hydroxylation is 1. The fourth-order valence-electron chi connectivity index (χ4n) is 2.33. The molecule has 1 heterocycles. The summed E-state index contributed by atoms with van der Waals surface area (Å²) in [6.07, 6.45) is 8.58. The predicted octanol–water partition coefficient (Wildman–Crippen LogP) is 1.75. The third-order valence-electron chi connectivity index (χ3n) is 3.23. The second-order valence-electron chi connectivity index (χ2n) is 5.11. The molecule has 1 unspecified atom stereocenters. The Morgan fingerprint density at radius 1 is 1.53 bits per heavy atom. The molecule has 0 fully saturated rings. The first-order chi connectivity index (χ1) is 8.02. The van der Waals surface area contributed by atoms with E-state index in [1.807, 2.05) is 19.9 Å². The van der Waals surface area contributed by atoms with Gasteiger partial charge in [0.05, 0.1) is 5.54 Å². The van der Waals surface area contributed by atoms with E-state index in [0.29, 0.717) is 0 Å². The van der Waals surface area contributed by atoms with Gasteiger partial charge in [-0.25, -0.2) is 0 Å². The molecule has 1 atom stereocenters. The molecule has 3 heteroatoms. The van der Waals surface area contributed by atoms with Crippen molar-refractivity contribution in [2.24, 2.45) is 0 Å². The van der Waals surface area contributed by atoms with Crippen molar-refractivity contribution in [2.75, 3.05) is 0 Å². The molecule has 90 valence electrons. The first-order valence-corrected chi connectivity index (χ1v) is 5.99. The molecule has 1 aliphatic carbocycles. The maximum absolute atomic E-state index is 11.3. The number of aromatic amines is 1. The normalized spacial score (nSPS) is 19.5. The summed E-state index contributed by atoms with van der Waals surface area (Å²) < 4.78 is 0. The van der Waals surface area contributed by atoms with Crippen LogP contribution in [-0.4, -0.2) is 10.5 Å². The lowest BCUT2D eigenvalue weighted by Crippen LogP contribution is -2.41. The zero-order chi connectivity index (χ0) is 12.5. The van der Waals surface area contributed by atoms with E-state index in [1.165, 1.54) is 5.56 Å². The minimum Gasteiger partial charge on any atom is -0.326 e. The molecule has 0 radical (unpaired) electrons. The molecular weight excluding hydrogens is 212 g/mol. The summed E-state index contributed by atoms with van der Waals surface area (Å²) in [4.78, 5) is 14.2. The topological polar surface area (TPSA) is 44.9 Å². The summed E-state index contributed by atoms with van der Waals surface area (Å²) in [6, 6.07) is 3.74. The van der Waals surface area contributed by atoms with Crippen molar-refractivity contribution in [1.82, 2.24) is 10.3 Å². The summed E-state index contributed by atoms with van der Waals surface area (Å²) in [5, 5.41) is 3.46. The molecule has 2 N–H and O–H groups in total. The van der Waals surface area contributed by atoms with Crippen LogP contribution in [0.15, 0.2) is 16.9 Å². The number of nitrogens with one attached hydrogen (secondary N) is 2. The summed E-state index contributed by atoms with van der Waals surface area (Å²) >= 11 is 0. The molecule has 0 aliphatic heterocycles. The molecule has 2 rings (SSSR count). The molecule has 17 heavy (non-hydrogen) atoms. The van der Waals surface area contributed by atoms with Gasteiger partial charge in [-0.15, -0.1) is 6.42 Å². The zero-order valence-electron chi connectivity index (χ0n) is 10.3. The van der Waals surface area contributed by atoms with E-state index in [-0.39, 0.29) is 17.1 Å². The van der Waals surface area contributed by atoms with Crippen molar-refractivity contribution in [3.8, 4) is 12.3 Å². The van der Waals surface area contributed by atoms with Crippen molar-refractivity contribution in [1.29, 1.82) is 0 Å². The van der Waals surface area contributed by atoms with Crippen LogP contribution in [0.25, 0.3) is 0 Å². The minimum atomic E-state index is -0.324. The highest BCUT2D eigenvalue weighted by Crippen LogP contribution is 2.29. The molecule has 1 aliphatic rings. The van der Waals surface area contributed by atoms with Crippen LogP contribution in [-0.2, 0) is 6.42 Å². The molecular formula is C14H18N2O. The number of H-pyrrole nitrogens is 1. The van der Waals surface area contributed by atoms with Crippen LogP contribution in [0.4, 0.5) is 0 Å². The Balaban J connectivity index is 2.30. The highest BCUT2D eigenvalue weighted by atomic mass is 16.1. The number of fused-ring (bicyclic) bond motifs is 1. The Morgan fingerprint density at radius 2 is 2.29 bits per heavy atom. The summed E-state index contributed by atoms with van der Waals surface area (Å²) in [5.41, 5.74) is 1.88. The van der Waals surface area contributed by atoms with Crippen molar-refractivity contribution in [2.45, 2.75) is 44.7 Å². The number of hydrogen-bond donors (Lipinski definition) is 2. The Labute approximate surface area is 102 Å². The van der Waals surface area contributed by atoms with Crippen LogP contribution >= 0.6 is 0 Å². The van der Waals surface area contributed by atoms with Gasteiger partial charge in [-0.05, 0) is 38.7 Å². The zero-order valence-corrected chi connectivity index (χ0v) is 10.3. The lowest BCUT2D eigenvalue weighted by molar-refractivity contribution is 0.372. The maximum atomic E-state index is 11.3. The fraction of sp³-hybridized carbons (Fsp3) is 0.500. The SMILES string of the molecule is C#CC(C)(C)NC1CCCc2[nH]c(=O)ccc21. The Kier molecular flexibility index (Phi) is 3.08. The number of hydrogen-bond acceptors (Lipinski definition) is 2. The van der Waals surface area contributed by atoms with E-state index < -0.39 is 0 Å². The van der Waals surface area contributed by atoms with Gasteiger partial charge in [0.15, 0.2) is 0 Å². The van der Waals surface area contributed by atoms with Crippen LogP contribution in [0.2, 0.25) is 0 Å². The Bertz CT molecular complexity index is 508. The average Bonchev–Trinajstić information content (AvgIpc) is 2.28. The van der Waals surface area contributed by atoms with Crippen molar-refractivity contribution in [3.05, 3.63) is 33.7 Å². The lowest BCUT2D eigenvalue weighted by Gasteiger charge is -2.31. The third kappa shape index (κ3) is 2.59. The van der Waals surface area contributed by atoms with E-state index >= 15 is 0 Å². The minimum absolute atomic E-state index is 0.0272. The third-order valence-corrected chi connectivity index (χ3v) is 3.23. The number of rotatable bonds is 2. The van der Waals surface area contributed by atoms with Crippen molar-refractivity contribution in [3.63, 3.8) is 0 Å². The summed E-state index contributed by atoms with van der Waals surface area (Å²) in [5.74, 6) is 2.75. The highest BCUT2D eigenvalue weighted by molar-refractivity contribution is 5.27. The highest BCUT2D eigenvalue weighted by Gasteiger charge is 2.25. The fourth-order valence-corrected chi connectivity index (χ4v) is 2.33. The number of terminal acetylenes is 1. The number of aromatic nitrogens is 1. The van der Waals surface area contributed by atoms with Crippen LogP contribution in [0.1, 0.15) is 44.0 Å². The Hall–Kier alpha value is -1.53. The Morgan fingerprint density at radius 3 is 3.00 bits per heavy atom. The quantitative estimate of drug-likeness (QED) is 0.760. The van der Waals surface area contributed by atoms with Crippen molar-refractivity contribution < 1.29 is 0 Å². The smallest absolute Gasteiger partial charge is 0.248 e. The van der Waals surface area contributed by atoms with Gasteiger partial charge in [0, 0.05) is 17.8 Å². The summed E-state index contributed by atoms with van der Waals surface area (Å²) in [6.45, 7) is 3.99. The standard InChI is InChI=1S/C14H18N2O/c1-4-14(2,3)16-12-7-5-6-11-10(12)8-9-13(17)15-11/h1,8-9,12,16H,5-7H2,2-3H3,(H,15,17). The van der Waals surface area contributed by atoms with Gasteiger partial charge in [-0.3, -0.25) is 10.1 Å². The van der Waals surface area contributed by atoms with Gasteiger partial charge in [0.2, 0.25) is 5.56 Å². The monoisotopic (exact) mass is 230 g/mol. The van der Waals surface area contributed by atoms with E-state index in [0.717, 1.165) is 25.0 Å². The summed E-state index contributed by atoms with van der Waals surface area (Å²) in [7, 11) is 0. The van der Waals surface area contributed by atoms with Crippen LogP contribution in [0.5, 0.6) is 0 Å². The van der Waals surface area contributed by atoms with Crippen LogP contribution in [0, 0.1) is 12.3 Å². The van der Waals surface area contributed by atoms with E-state index in [9.17, 15) is 4.79 Å². The van der Waals surface area contributed by atoms with Crippen LogP contribution in [0.3, 0.4) is 0 Å². The largest absolute Gasteiger partial charge is 0.326 e. The molecule has 1 aromatic rings. The maximum Gasteiger partial charge on any atom is 0.248 e. The van der Waals surface area contributed by atoms with Gasteiger partial charge in [0.25, 0.3) is 0 Å². The molecule has 0 aromatic carbocycles. The average molecular weight is 230 g/mol. The molecule has 0 spiro atoms.